The summed E-state index contributed by atoms with van der Waals surface area (Å²) in [6, 6.07) is 0. The highest BCUT2D eigenvalue weighted by molar-refractivity contribution is 5.57. The Hall–Kier alpha value is -1.37. The molecule has 0 spiro atoms. The Kier molecular flexibility index (Phi) is 13.5. The number of hydrogen-bond donors (Lipinski definition) is 0. The predicted molar refractivity (Wildman–Crippen MR) is 72.4 cm³/mol. The van der Waals surface area contributed by atoms with Gasteiger partial charge in [-0.2, -0.15) is 0 Å². The van der Waals surface area contributed by atoms with Crippen molar-refractivity contribution in [3.63, 3.8) is 0 Å². The van der Waals surface area contributed by atoms with Gasteiger partial charge in [0.05, 0.1) is 5.70 Å². The summed E-state index contributed by atoms with van der Waals surface area (Å²) in [5.74, 6) is 0. The molecule has 0 heterocycles. The van der Waals surface area contributed by atoms with Crippen molar-refractivity contribution in [2.24, 2.45) is 4.99 Å². The van der Waals surface area contributed by atoms with Crippen LogP contribution in [0.4, 0.5) is 0 Å². The van der Waals surface area contributed by atoms with Gasteiger partial charge in [-0.05, 0) is 25.0 Å². The number of aliphatic imine (C=N–C) groups is 1. The average molecular weight is 205 g/mol. The van der Waals surface area contributed by atoms with Crippen molar-refractivity contribution in [1.82, 2.24) is 0 Å². The highest BCUT2D eigenvalue weighted by atomic mass is 14.7. The van der Waals surface area contributed by atoms with Crippen molar-refractivity contribution in [2.75, 3.05) is 0 Å². The molecule has 0 saturated heterocycles. The van der Waals surface area contributed by atoms with E-state index in [1.54, 1.807) is 12.3 Å². The molecule has 0 N–H and O–H groups in total. The molecule has 0 aromatic rings. The predicted octanol–water partition coefficient (Wildman–Crippen LogP) is 4.70. The average Bonchev–Trinajstić information content (AvgIpc) is 2.30. The standard InChI is InChI=1S/C12H17N.C2H6/c1-5-9-10-12(13-8-4)11(6-2)7-3;1-2/h5-6,8-10H,1-2,7H2,3-4H3;1-2H3/b10-9-,12-11+,13-8?;. The quantitative estimate of drug-likeness (QED) is 0.456. The molecule has 0 aliphatic rings. The molecule has 0 aromatic heterocycles. The van der Waals surface area contributed by atoms with Gasteiger partial charge in [0.1, 0.15) is 0 Å². The first-order valence-corrected chi connectivity index (χ1v) is 5.43. The van der Waals surface area contributed by atoms with Crippen molar-refractivity contribution < 1.29 is 0 Å². The van der Waals surface area contributed by atoms with Gasteiger partial charge < -0.3 is 0 Å². The van der Waals surface area contributed by atoms with E-state index in [2.05, 4.69) is 25.1 Å². The molecular formula is C14H23N. The molecule has 0 saturated carbocycles. The Bertz CT molecular complexity index is 255. The largest absolute Gasteiger partial charge is 0.261 e. The molecular weight excluding hydrogens is 182 g/mol. The van der Waals surface area contributed by atoms with Gasteiger partial charge in [0.15, 0.2) is 0 Å². The second-order valence-corrected chi connectivity index (χ2v) is 2.45. The van der Waals surface area contributed by atoms with Gasteiger partial charge in [-0.25, -0.2) is 0 Å². The van der Waals surface area contributed by atoms with Gasteiger partial charge in [-0.15, -0.1) is 0 Å². The first-order valence-electron chi connectivity index (χ1n) is 5.43. The third-order valence-electron chi connectivity index (χ3n) is 1.61. The second kappa shape index (κ2) is 12.6. The molecule has 0 aromatic carbocycles. The van der Waals surface area contributed by atoms with Gasteiger partial charge in [-0.1, -0.05) is 52.2 Å². The molecule has 0 radical (unpaired) electrons. The van der Waals surface area contributed by atoms with E-state index in [1.165, 1.54) is 0 Å². The van der Waals surface area contributed by atoms with E-state index >= 15 is 0 Å². The monoisotopic (exact) mass is 205 g/mol. The molecule has 15 heavy (non-hydrogen) atoms. The van der Waals surface area contributed by atoms with Crippen molar-refractivity contribution in [1.29, 1.82) is 0 Å². The molecule has 0 atom stereocenters. The van der Waals surface area contributed by atoms with E-state index in [0.717, 1.165) is 17.7 Å². The molecule has 0 rings (SSSR count). The first-order chi connectivity index (χ1) is 7.29. The van der Waals surface area contributed by atoms with Crippen LogP contribution in [0.5, 0.6) is 0 Å². The highest BCUT2D eigenvalue weighted by Gasteiger charge is 1.94. The normalized spacial score (nSPS) is 12.0. The van der Waals surface area contributed by atoms with Crippen LogP contribution in [0, 0.1) is 0 Å². The molecule has 1 heteroatoms. The van der Waals surface area contributed by atoms with Crippen LogP contribution in [0.2, 0.25) is 0 Å². The van der Waals surface area contributed by atoms with Crippen LogP contribution in [0.3, 0.4) is 0 Å². The third kappa shape index (κ3) is 7.68. The lowest BCUT2D eigenvalue weighted by molar-refractivity contribution is 1.11. The lowest BCUT2D eigenvalue weighted by Crippen LogP contribution is -1.82. The van der Waals surface area contributed by atoms with Crippen LogP contribution in [0.1, 0.15) is 34.1 Å². The molecule has 0 unspecified atom stereocenters. The molecule has 0 aliphatic carbocycles. The Labute approximate surface area is 94.6 Å². The summed E-state index contributed by atoms with van der Waals surface area (Å²) in [5, 5.41) is 0. The van der Waals surface area contributed by atoms with Crippen LogP contribution in [0.15, 0.2) is 53.7 Å². The summed E-state index contributed by atoms with van der Waals surface area (Å²) in [7, 11) is 0. The van der Waals surface area contributed by atoms with Gasteiger partial charge in [0.25, 0.3) is 0 Å². The summed E-state index contributed by atoms with van der Waals surface area (Å²) >= 11 is 0. The summed E-state index contributed by atoms with van der Waals surface area (Å²) in [6.07, 6.45) is 10.1. The maximum absolute atomic E-state index is 4.25. The molecule has 0 fully saturated rings. The zero-order valence-electron chi connectivity index (χ0n) is 10.5. The van der Waals surface area contributed by atoms with Crippen molar-refractivity contribution in [2.45, 2.75) is 34.1 Å². The zero-order valence-corrected chi connectivity index (χ0v) is 10.5. The fourth-order valence-electron chi connectivity index (χ4n) is 0.961. The van der Waals surface area contributed by atoms with E-state index in [0.29, 0.717) is 0 Å². The van der Waals surface area contributed by atoms with Gasteiger partial charge in [-0.3, -0.25) is 4.99 Å². The number of hydrogen-bond acceptors (Lipinski definition) is 1. The van der Waals surface area contributed by atoms with Crippen molar-refractivity contribution in [3.05, 3.63) is 48.7 Å². The number of nitrogens with zero attached hydrogens (tertiary/aromatic N) is 1. The van der Waals surface area contributed by atoms with E-state index in [4.69, 9.17) is 0 Å². The third-order valence-corrected chi connectivity index (χ3v) is 1.61. The minimum atomic E-state index is 0.942. The Balaban J connectivity index is 0. The Morgan fingerprint density at radius 3 is 2.20 bits per heavy atom. The van der Waals surface area contributed by atoms with Crippen LogP contribution in [-0.4, -0.2) is 6.21 Å². The van der Waals surface area contributed by atoms with E-state index in [-0.39, 0.29) is 0 Å². The van der Waals surface area contributed by atoms with Gasteiger partial charge >= 0.3 is 0 Å². The SMILES string of the molecule is C=C/C=C\C(N=CC)=C(\C=C)CC.CC. The summed E-state index contributed by atoms with van der Waals surface area (Å²) in [4.78, 5) is 4.25. The lowest BCUT2D eigenvalue weighted by atomic mass is 10.1. The fourth-order valence-corrected chi connectivity index (χ4v) is 0.961. The maximum atomic E-state index is 4.25. The van der Waals surface area contributed by atoms with Crippen LogP contribution in [-0.2, 0) is 0 Å². The minimum absolute atomic E-state index is 0.942. The topological polar surface area (TPSA) is 12.4 Å². The molecule has 0 aliphatic heterocycles. The minimum Gasteiger partial charge on any atom is -0.261 e. The number of rotatable bonds is 5. The number of allylic oxidation sites excluding steroid dienone is 5. The second-order valence-electron chi connectivity index (χ2n) is 2.45. The van der Waals surface area contributed by atoms with E-state index in [9.17, 15) is 0 Å². The van der Waals surface area contributed by atoms with Gasteiger partial charge in [0.2, 0.25) is 0 Å². The molecule has 84 valence electrons. The fraction of sp³-hybridized carbons (Fsp3) is 0.357. The van der Waals surface area contributed by atoms with E-state index in [1.807, 2.05) is 39.0 Å². The van der Waals surface area contributed by atoms with Crippen molar-refractivity contribution in [3.8, 4) is 0 Å². The Morgan fingerprint density at radius 2 is 1.87 bits per heavy atom. The maximum Gasteiger partial charge on any atom is 0.0657 e. The molecule has 0 bridgehead atoms. The zero-order chi connectivity index (χ0) is 12.1. The lowest BCUT2D eigenvalue weighted by Gasteiger charge is -2.00. The first kappa shape index (κ1) is 16.1. The molecule has 0 amide bonds. The molecule has 1 nitrogen and oxygen atoms in total. The van der Waals surface area contributed by atoms with Crippen LogP contribution in [0.25, 0.3) is 0 Å². The smallest absolute Gasteiger partial charge is 0.0657 e. The van der Waals surface area contributed by atoms with Gasteiger partial charge in [0, 0.05) is 6.21 Å². The summed E-state index contributed by atoms with van der Waals surface area (Å²) in [5.41, 5.74) is 2.11. The van der Waals surface area contributed by atoms with E-state index < -0.39 is 0 Å². The summed E-state index contributed by atoms with van der Waals surface area (Å²) < 4.78 is 0. The summed E-state index contributed by atoms with van der Waals surface area (Å²) in [6.45, 7) is 15.4. The van der Waals surface area contributed by atoms with Crippen LogP contribution >= 0.6 is 0 Å². The highest BCUT2D eigenvalue weighted by Crippen LogP contribution is 2.12. The van der Waals surface area contributed by atoms with Crippen molar-refractivity contribution >= 4 is 6.21 Å². The Morgan fingerprint density at radius 1 is 1.27 bits per heavy atom. The van der Waals surface area contributed by atoms with Crippen LogP contribution < -0.4 is 0 Å².